The van der Waals surface area contributed by atoms with Crippen LogP contribution in [0.5, 0.6) is 0 Å². The predicted octanol–water partition coefficient (Wildman–Crippen LogP) is 2.47. The van der Waals surface area contributed by atoms with Crippen LogP contribution in [0.4, 0.5) is 5.82 Å². The van der Waals surface area contributed by atoms with E-state index < -0.39 is 0 Å². The second-order valence-corrected chi connectivity index (χ2v) is 4.25. The van der Waals surface area contributed by atoms with E-state index in [1.54, 1.807) is 11.8 Å². The number of methoxy groups -OCH3 is 1. The summed E-state index contributed by atoms with van der Waals surface area (Å²) in [5.41, 5.74) is 8.59. The quantitative estimate of drug-likeness (QED) is 0.912. The number of nitrogen functional groups attached to an aromatic ring is 1. The molecular formula is C12H14ClN3O. The highest BCUT2D eigenvalue weighted by atomic mass is 35.5. The summed E-state index contributed by atoms with van der Waals surface area (Å²) in [7, 11) is 3.46. The maximum absolute atomic E-state index is 5.97. The molecule has 1 aromatic carbocycles. The Morgan fingerprint density at radius 1 is 1.41 bits per heavy atom. The maximum atomic E-state index is 5.97. The number of ether oxygens (including phenoxy) is 1. The highest BCUT2D eigenvalue weighted by Gasteiger charge is 2.10. The van der Waals surface area contributed by atoms with Gasteiger partial charge in [-0.3, -0.25) is 4.68 Å². The molecule has 0 atom stereocenters. The molecule has 0 saturated carbocycles. The first kappa shape index (κ1) is 12.0. The number of nitrogens with zero attached hydrogens (tertiary/aromatic N) is 2. The lowest BCUT2D eigenvalue weighted by Crippen LogP contribution is -1.97. The molecule has 1 heterocycles. The molecule has 4 nitrogen and oxygen atoms in total. The number of benzene rings is 1. The van der Waals surface area contributed by atoms with Crippen molar-refractivity contribution in [2.24, 2.45) is 7.05 Å². The average molecular weight is 252 g/mol. The van der Waals surface area contributed by atoms with Crippen molar-refractivity contribution in [2.75, 3.05) is 12.8 Å². The van der Waals surface area contributed by atoms with Gasteiger partial charge in [0.1, 0.15) is 5.82 Å². The molecule has 0 radical (unpaired) electrons. The van der Waals surface area contributed by atoms with Crippen LogP contribution in [0.15, 0.2) is 24.3 Å². The molecule has 0 bridgehead atoms. The van der Waals surface area contributed by atoms with Crippen LogP contribution in [0.1, 0.15) is 5.56 Å². The summed E-state index contributed by atoms with van der Waals surface area (Å²) in [6, 6.07) is 7.48. The molecule has 0 aliphatic heterocycles. The summed E-state index contributed by atoms with van der Waals surface area (Å²) in [6.07, 6.45) is 0. The van der Waals surface area contributed by atoms with Crippen molar-refractivity contribution in [1.29, 1.82) is 0 Å². The number of hydrogen-bond acceptors (Lipinski definition) is 3. The van der Waals surface area contributed by atoms with Gasteiger partial charge < -0.3 is 10.5 Å². The van der Waals surface area contributed by atoms with Gasteiger partial charge >= 0.3 is 0 Å². The van der Waals surface area contributed by atoms with Gasteiger partial charge in [0.15, 0.2) is 0 Å². The van der Waals surface area contributed by atoms with Gasteiger partial charge in [0, 0.05) is 30.8 Å². The first-order valence-electron chi connectivity index (χ1n) is 5.19. The summed E-state index contributed by atoms with van der Waals surface area (Å²) >= 11 is 5.97. The van der Waals surface area contributed by atoms with Crippen molar-refractivity contribution in [2.45, 2.75) is 6.61 Å². The number of aromatic nitrogens is 2. The fraction of sp³-hybridized carbons (Fsp3) is 0.250. The van der Waals surface area contributed by atoms with Crippen molar-refractivity contribution >= 4 is 17.4 Å². The predicted molar refractivity (Wildman–Crippen MR) is 68.8 cm³/mol. The van der Waals surface area contributed by atoms with E-state index >= 15 is 0 Å². The number of rotatable bonds is 3. The molecule has 0 spiro atoms. The Morgan fingerprint density at radius 3 is 2.76 bits per heavy atom. The van der Waals surface area contributed by atoms with Gasteiger partial charge in [0.2, 0.25) is 0 Å². The van der Waals surface area contributed by atoms with E-state index in [2.05, 4.69) is 5.10 Å². The van der Waals surface area contributed by atoms with E-state index in [1.165, 1.54) is 0 Å². The SMILES string of the molecule is COCc1cc(Cl)ccc1-c1cc(N)n(C)n1. The van der Waals surface area contributed by atoms with Crippen LogP contribution in [0.2, 0.25) is 5.02 Å². The largest absolute Gasteiger partial charge is 0.384 e. The standard InChI is InChI=1S/C12H14ClN3O/c1-16-12(14)6-11(15-16)10-4-3-9(13)5-8(10)7-17-2/h3-6H,7,14H2,1-2H3. The fourth-order valence-corrected chi connectivity index (χ4v) is 1.90. The molecule has 2 rings (SSSR count). The summed E-state index contributed by atoms with van der Waals surface area (Å²) in [5.74, 6) is 0.623. The van der Waals surface area contributed by atoms with E-state index in [9.17, 15) is 0 Å². The van der Waals surface area contributed by atoms with Crippen molar-refractivity contribution in [3.63, 3.8) is 0 Å². The number of nitrogens with two attached hydrogens (primary N) is 1. The first-order chi connectivity index (χ1) is 8.11. The lowest BCUT2D eigenvalue weighted by atomic mass is 10.1. The van der Waals surface area contributed by atoms with Gasteiger partial charge in [-0.25, -0.2) is 0 Å². The molecule has 0 aliphatic carbocycles. The molecule has 17 heavy (non-hydrogen) atoms. The molecule has 2 aromatic rings. The third-order valence-corrected chi connectivity index (χ3v) is 2.79. The van der Waals surface area contributed by atoms with Crippen LogP contribution in [0.3, 0.4) is 0 Å². The second kappa shape index (κ2) is 4.77. The Morgan fingerprint density at radius 2 is 2.18 bits per heavy atom. The minimum absolute atomic E-state index is 0.492. The molecule has 0 aliphatic rings. The zero-order valence-corrected chi connectivity index (χ0v) is 10.5. The lowest BCUT2D eigenvalue weighted by molar-refractivity contribution is 0.185. The van der Waals surface area contributed by atoms with Crippen molar-refractivity contribution in [1.82, 2.24) is 9.78 Å². The monoisotopic (exact) mass is 251 g/mol. The summed E-state index contributed by atoms with van der Waals surface area (Å²) in [5, 5.41) is 5.03. The van der Waals surface area contributed by atoms with Crippen molar-refractivity contribution in [3.8, 4) is 11.3 Å². The van der Waals surface area contributed by atoms with Crippen molar-refractivity contribution in [3.05, 3.63) is 34.9 Å². The van der Waals surface area contributed by atoms with Crippen LogP contribution in [0.25, 0.3) is 11.3 Å². The van der Waals surface area contributed by atoms with E-state index in [0.717, 1.165) is 16.8 Å². The van der Waals surface area contributed by atoms with Crippen LogP contribution in [-0.4, -0.2) is 16.9 Å². The molecule has 90 valence electrons. The van der Waals surface area contributed by atoms with Crippen LogP contribution in [0, 0.1) is 0 Å². The zero-order valence-electron chi connectivity index (χ0n) is 9.77. The third kappa shape index (κ3) is 2.43. The Hall–Kier alpha value is -1.52. The minimum Gasteiger partial charge on any atom is -0.384 e. The van der Waals surface area contributed by atoms with E-state index in [4.69, 9.17) is 22.1 Å². The number of hydrogen-bond donors (Lipinski definition) is 1. The topological polar surface area (TPSA) is 53.1 Å². The Labute approximate surface area is 105 Å². The highest BCUT2D eigenvalue weighted by Crippen LogP contribution is 2.27. The fourth-order valence-electron chi connectivity index (χ4n) is 1.70. The van der Waals surface area contributed by atoms with E-state index in [-0.39, 0.29) is 0 Å². The number of halogens is 1. The normalized spacial score (nSPS) is 10.8. The first-order valence-corrected chi connectivity index (χ1v) is 5.57. The lowest BCUT2D eigenvalue weighted by Gasteiger charge is -2.06. The Bertz CT molecular complexity index is 517. The Balaban J connectivity index is 2.50. The molecule has 0 fully saturated rings. The van der Waals surface area contributed by atoms with Crippen LogP contribution >= 0.6 is 11.6 Å². The minimum atomic E-state index is 0.492. The molecule has 0 unspecified atom stereocenters. The molecule has 0 amide bonds. The molecule has 2 N–H and O–H groups in total. The van der Waals surface area contributed by atoms with Gasteiger partial charge in [0.25, 0.3) is 0 Å². The van der Waals surface area contributed by atoms with Gasteiger partial charge in [-0.2, -0.15) is 5.10 Å². The summed E-state index contributed by atoms with van der Waals surface area (Å²) in [4.78, 5) is 0. The Kier molecular flexibility index (Phi) is 3.36. The third-order valence-electron chi connectivity index (χ3n) is 2.56. The second-order valence-electron chi connectivity index (χ2n) is 3.81. The van der Waals surface area contributed by atoms with Crippen LogP contribution < -0.4 is 5.73 Å². The highest BCUT2D eigenvalue weighted by molar-refractivity contribution is 6.30. The average Bonchev–Trinajstić information content (AvgIpc) is 2.60. The molecule has 5 heteroatoms. The maximum Gasteiger partial charge on any atom is 0.121 e. The van der Waals surface area contributed by atoms with Crippen molar-refractivity contribution < 1.29 is 4.74 Å². The van der Waals surface area contributed by atoms with E-state index in [1.807, 2.05) is 31.3 Å². The summed E-state index contributed by atoms with van der Waals surface area (Å²) < 4.78 is 6.80. The zero-order chi connectivity index (χ0) is 12.4. The van der Waals surface area contributed by atoms with Gasteiger partial charge in [-0.1, -0.05) is 17.7 Å². The molecular weight excluding hydrogens is 238 g/mol. The van der Waals surface area contributed by atoms with Crippen LogP contribution in [-0.2, 0) is 18.4 Å². The van der Waals surface area contributed by atoms with Gasteiger partial charge in [-0.05, 0) is 17.7 Å². The van der Waals surface area contributed by atoms with Gasteiger partial charge in [-0.15, -0.1) is 0 Å². The number of anilines is 1. The molecule has 0 saturated heterocycles. The van der Waals surface area contributed by atoms with E-state index in [0.29, 0.717) is 17.4 Å². The summed E-state index contributed by atoms with van der Waals surface area (Å²) in [6.45, 7) is 0.492. The smallest absolute Gasteiger partial charge is 0.121 e. The molecule has 1 aromatic heterocycles. The van der Waals surface area contributed by atoms with Gasteiger partial charge in [0.05, 0.1) is 12.3 Å². The number of aryl methyl sites for hydroxylation is 1.